The third kappa shape index (κ3) is 1.35. The van der Waals surface area contributed by atoms with E-state index in [2.05, 4.69) is 9.98 Å². The van der Waals surface area contributed by atoms with Crippen LogP contribution in [-0.2, 0) is 0 Å². The molecule has 1 aliphatic heterocycles. The number of rotatable bonds is 0. The van der Waals surface area contributed by atoms with E-state index in [1.807, 2.05) is 6.92 Å². The molecule has 13 heavy (non-hydrogen) atoms. The average molecular weight is 195 g/mol. The minimum atomic E-state index is -0.642. The van der Waals surface area contributed by atoms with Crippen LogP contribution in [0.25, 0.3) is 0 Å². The van der Waals surface area contributed by atoms with Crippen LogP contribution in [0.3, 0.4) is 0 Å². The van der Waals surface area contributed by atoms with E-state index < -0.39 is 5.38 Å². The molecule has 3 nitrogen and oxygen atoms in total. The Kier molecular flexibility index (Phi) is 1.88. The Morgan fingerprint density at radius 3 is 3.00 bits per heavy atom. The van der Waals surface area contributed by atoms with E-state index in [1.54, 1.807) is 12.1 Å². The number of aromatic nitrogens is 1. The maximum absolute atomic E-state index is 11.5. The fourth-order valence-electron chi connectivity index (χ4n) is 1.19. The molecule has 0 spiro atoms. The van der Waals surface area contributed by atoms with Crippen molar-refractivity contribution in [2.24, 2.45) is 4.99 Å². The molecular formula is C9H7ClN2O. The van der Waals surface area contributed by atoms with Gasteiger partial charge in [-0.15, -0.1) is 11.6 Å². The van der Waals surface area contributed by atoms with E-state index in [4.69, 9.17) is 11.6 Å². The Labute approximate surface area is 80.5 Å². The first-order valence-electron chi connectivity index (χ1n) is 3.88. The van der Waals surface area contributed by atoms with Gasteiger partial charge in [-0.25, -0.2) is 9.98 Å². The van der Waals surface area contributed by atoms with E-state index in [0.29, 0.717) is 11.4 Å². The van der Waals surface area contributed by atoms with Gasteiger partial charge in [0.2, 0.25) is 0 Å². The largest absolute Gasteiger partial charge is 0.292 e. The van der Waals surface area contributed by atoms with Crippen molar-refractivity contribution in [2.75, 3.05) is 0 Å². The average Bonchev–Trinajstić information content (AvgIpc) is 2.12. The van der Waals surface area contributed by atoms with E-state index in [1.165, 1.54) is 6.21 Å². The second kappa shape index (κ2) is 2.92. The maximum Gasteiger partial charge on any atom is 0.189 e. The van der Waals surface area contributed by atoms with Crippen molar-refractivity contribution in [3.8, 4) is 0 Å². The molecule has 1 aromatic rings. The lowest BCUT2D eigenvalue weighted by Gasteiger charge is -2.11. The molecule has 2 heterocycles. The van der Waals surface area contributed by atoms with Gasteiger partial charge < -0.3 is 0 Å². The number of hydrogen-bond donors (Lipinski definition) is 0. The lowest BCUT2D eigenvalue weighted by atomic mass is 10.1. The van der Waals surface area contributed by atoms with Crippen molar-refractivity contribution in [3.63, 3.8) is 0 Å². The Balaban J connectivity index is 2.59. The molecule has 0 bridgehead atoms. The topological polar surface area (TPSA) is 42.3 Å². The highest BCUT2D eigenvalue weighted by molar-refractivity contribution is 6.43. The van der Waals surface area contributed by atoms with E-state index in [-0.39, 0.29) is 5.78 Å². The molecule has 0 aromatic carbocycles. The standard InChI is InChI=1S/C9H7ClN2O/c1-5-2-3-6-8(13)7(10)4-11-9(6)12-5/h2-4,7H,1H3. The van der Waals surface area contributed by atoms with Gasteiger partial charge in [0, 0.05) is 11.9 Å². The first-order chi connectivity index (χ1) is 6.18. The van der Waals surface area contributed by atoms with Gasteiger partial charge in [-0.3, -0.25) is 4.79 Å². The number of fused-ring (bicyclic) bond motifs is 1. The van der Waals surface area contributed by atoms with Crippen LogP contribution >= 0.6 is 11.6 Å². The number of aliphatic imine (C=N–C) groups is 1. The second-order valence-corrected chi connectivity index (χ2v) is 3.34. The summed E-state index contributed by atoms with van der Waals surface area (Å²) in [5.41, 5.74) is 1.35. The SMILES string of the molecule is Cc1ccc2c(n1)N=CC(Cl)C2=O. The fraction of sp³-hybridized carbons (Fsp3) is 0.222. The number of nitrogens with zero attached hydrogens (tertiary/aromatic N) is 2. The zero-order valence-electron chi connectivity index (χ0n) is 6.99. The van der Waals surface area contributed by atoms with Gasteiger partial charge in [-0.05, 0) is 19.1 Å². The summed E-state index contributed by atoms with van der Waals surface area (Å²) in [5, 5.41) is -0.642. The molecule has 0 fully saturated rings. The Morgan fingerprint density at radius 2 is 2.23 bits per heavy atom. The molecule has 2 rings (SSSR count). The van der Waals surface area contributed by atoms with Gasteiger partial charge in [0.25, 0.3) is 0 Å². The smallest absolute Gasteiger partial charge is 0.189 e. The third-order valence-electron chi connectivity index (χ3n) is 1.86. The maximum atomic E-state index is 11.5. The number of Topliss-reactive ketones (excluding diaryl/α,β-unsaturated/α-hetero) is 1. The fourth-order valence-corrected chi connectivity index (χ4v) is 1.36. The van der Waals surface area contributed by atoms with Crippen LogP contribution in [0.2, 0.25) is 0 Å². The molecule has 66 valence electrons. The van der Waals surface area contributed by atoms with Crippen molar-refractivity contribution >= 4 is 29.4 Å². The molecular weight excluding hydrogens is 188 g/mol. The Hall–Kier alpha value is -1.22. The lowest BCUT2D eigenvalue weighted by molar-refractivity contribution is 0.100. The van der Waals surface area contributed by atoms with Gasteiger partial charge in [0.1, 0.15) is 5.38 Å². The lowest BCUT2D eigenvalue weighted by Crippen LogP contribution is -2.20. The summed E-state index contributed by atoms with van der Waals surface area (Å²) in [6.45, 7) is 1.85. The molecule has 4 heteroatoms. The van der Waals surface area contributed by atoms with Crippen LogP contribution in [0.15, 0.2) is 17.1 Å². The quantitative estimate of drug-likeness (QED) is 0.592. The predicted molar refractivity (Wildman–Crippen MR) is 51.1 cm³/mol. The Morgan fingerprint density at radius 1 is 1.46 bits per heavy atom. The number of carbonyl (C=O) groups excluding carboxylic acids is 1. The predicted octanol–water partition coefficient (Wildman–Crippen LogP) is 1.90. The minimum Gasteiger partial charge on any atom is -0.292 e. The molecule has 1 atom stereocenters. The number of alkyl halides is 1. The van der Waals surface area contributed by atoms with Crippen LogP contribution in [0, 0.1) is 6.92 Å². The summed E-state index contributed by atoms with van der Waals surface area (Å²) in [6.07, 6.45) is 1.42. The Bertz CT molecular complexity index is 401. The molecule has 0 saturated carbocycles. The zero-order chi connectivity index (χ0) is 9.42. The molecule has 1 aromatic heterocycles. The first kappa shape index (κ1) is 8.38. The number of halogens is 1. The number of hydrogen-bond acceptors (Lipinski definition) is 3. The molecule has 0 aliphatic carbocycles. The summed E-state index contributed by atoms with van der Waals surface area (Å²) in [5.74, 6) is 0.348. The highest BCUT2D eigenvalue weighted by Crippen LogP contribution is 2.23. The highest BCUT2D eigenvalue weighted by atomic mass is 35.5. The molecule has 0 amide bonds. The van der Waals surface area contributed by atoms with E-state index in [0.717, 1.165) is 5.69 Å². The van der Waals surface area contributed by atoms with Gasteiger partial charge in [0.15, 0.2) is 11.6 Å². The van der Waals surface area contributed by atoms with Crippen molar-refractivity contribution < 1.29 is 4.79 Å². The minimum absolute atomic E-state index is 0.126. The molecule has 1 aliphatic rings. The van der Waals surface area contributed by atoms with Gasteiger partial charge in [-0.2, -0.15) is 0 Å². The van der Waals surface area contributed by atoms with Crippen molar-refractivity contribution in [3.05, 3.63) is 23.4 Å². The zero-order valence-corrected chi connectivity index (χ0v) is 7.75. The number of aryl methyl sites for hydroxylation is 1. The highest BCUT2D eigenvalue weighted by Gasteiger charge is 2.23. The van der Waals surface area contributed by atoms with E-state index >= 15 is 0 Å². The van der Waals surface area contributed by atoms with Crippen LogP contribution in [0.5, 0.6) is 0 Å². The van der Waals surface area contributed by atoms with Crippen molar-refractivity contribution in [1.29, 1.82) is 0 Å². The molecule has 1 unspecified atom stereocenters. The monoisotopic (exact) mass is 194 g/mol. The van der Waals surface area contributed by atoms with E-state index in [9.17, 15) is 4.79 Å². The van der Waals surface area contributed by atoms with Gasteiger partial charge in [-0.1, -0.05) is 0 Å². The van der Waals surface area contributed by atoms with Crippen LogP contribution < -0.4 is 0 Å². The molecule has 0 radical (unpaired) electrons. The summed E-state index contributed by atoms with van der Waals surface area (Å²) < 4.78 is 0. The summed E-state index contributed by atoms with van der Waals surface area (Å²) in [7, 11) is 0. The van der Waals surface area contributed by atoms with Crippen LogP contribution in [0.4, 0.5) is 5.82 Å². The number of ketones is 1. The summed E-state index contributed by atoms with van der Waals surface area (Å²) in [6, 6.07) is 3.49. The molecule has 0 N–H and O–H groups in total. The van der Waals surface area contributed by atoms with Crippen molar-refractivity contribution in [2.45, 2.75) is 12.3 Å². The second-order valence-electron chi connectivity index (χ2n) is 2.87. The third-order valence-corrected chi connectivity index (χ3v) is 2.17. The van der Waals surface area contributed by atoms with Crippen molar-refractivity contribution in [1.82, 2.24) is 4.98 Å². The summed E-state index contributed by atoms with van der Waals surface area (Å²) in [4.78, 5) is 19.6. The van der Waals surface area contributed by atoms with Crippen LogP contribution in [-0.4, -0.2) is 22.4 Å². The van der Waals surface area contributed by atoms with Crippen LogP contribution in [0.1, 0.15) is 16.1 Å². The molecule has 0 saturated heterocycles. The van der Waals surface area contributed by atoms with Gasteiger partial charge >= 0.3 is 0 Å². The number of pyridine rings is 1. The summed E-state index contributed by atoms with van der Waals surface area (Å²) >= 11 is 5.71. The number of carbonyl (C=O) groups is 1. The first-order valence-corrected chi connectivity index (χ1v) is 4.32. The van der Waals surface area contributed by atoms with Gasteiger partial charge in [0.05, 0.1) is 5.56 Å². The normalized spacial score (nSPS) is 20.2.